The molecule has 0 aliphatic carbocycles. The summed E-state index contributed by atoms with van der Waals surface area (Å²) in [6.45, 7) is 7.30. The fraction of sp³-hybridized carbons (Fsp3) is 0.294. The molecule has 2 rings (SSSR count). The van der Waals surface area contributed by atoms with Crippen molar-refractivity contribution < 1.29 is 0 Å². The molecule has 106 valence electrons. The Kier molecular flexibility index (Phi) is 4.91. The quantitative estimate of drug-likeness (QED) is 0.820. The molecule has 0 aliphatic heterocycles. The molecule has 0 amide bonds. The second-order valence-corrected chi connectivity index (χ2v) is 5.64. The summed E-state index contributed by atoms with van der Waals surface area (Å²) in [6.07, 6.45) is 0. The highest BCUT2D eigenvalue weighted by atomic mass is 35.5. The van der Waals surface area contributed by atoms with Gasteiger partial charge in [-0.2, -0.15) is 0 Å². The van der Waals surface area contributed by atoms with Gasteiger partial charge in [0.1, 0.15) is 0 Å². The van der Waals surface area contributed by atoms with Crippen LogP contribution in [0.15, 0.2) is 42.5 Å². The van der Waals surface area contributed by atoms with Crippen molar-refractivity contribution in [1.29, 1.82) is 0 Å². The minimum atomic E-state index is 0.338. The Morgan fingerprint density at radius 2 is 1.60 bits per heavy atom. The highest BCUT2D eigenvalue weighted by Gasteiger charge is 2.06. The molecule has 1 unspecified atom stereocenters. The van der Waals surface area contributed by atoms with E-state index in [1.165, 1.54) is 16.8 Å². The van der Waals surface area contributed by atoms with Crippen molar-refractivity contribution in [3.63, 3.8) is 0 Å². The van der Waals surface area contributed by atoms with Gasteiger partial charge in [-0.3, -0.25) is 0 Å². The van der Waals surface area contributed by atoms with Gasteiger partial charge in [-0.15, -0.1) is 0 Å². The predicted molar refractivity (Wildman–Crippen MR) is 88.9 cm³/mol. The Hall–Kier alpha value is -1.67. The van der Waals surface area contributed by atoms with Crippen molar-refractivity contribution >= 4 is 23.0 Å². The average Bonchev–Trinajstić information content (AvgIpc) is 2.42. The van der Waals surface area contributed by atoms with Crippen LogP contribution in [0.25, 0.3) is 0 Å². The number of hydrogen-bond donors (Lipinski definition) is 2. The number of nitrogens with one attached hydrogen (secondary N) is 2. The van der Waals surface area contributed by atoms with Crippen LogP contribution >= 0.6 is 11.6 Å². The van der Waals surface area contributed by atoms with Crippen LogP contribution in [0.5, 0.6) is 0 Å². The summed E-state index contributed by atoms with van der Waals surface area (Å²) >= 11 is 5.88. The van der Waals surface area contributed by atoms with Gasteiger partial charge < -0.3 is 10.6 Å². The zero-order valence-corrected chi connectivity index (χ0v) is 13.0. The molecule has 0 aliphatic rings. The first-order chi connectivity index (χ1) is 9.56. The van der Waals surface area contributed by atoms with E-state index in [0.717, 1.165) is 17.3 Å². The Morgan fingerprint density at radius 1 is 1.00 bits per heavy atom. The van der Waals surface area contributed by atoms with Crippen molar-refractivity contribution in [2.24, 2.45) is 0 Å². The summed E-state index contributed by atoms with van der Waals surface area (Å²) in [4.78, 5) is 0. The summed E-state index contributed by atoms with van der Waals surface area (Å²) in [6, 6.07) is 14.5. The molecule has 2 nitrogen and oxygen atoms in total. The Bertz CT molecular complexity index is 543. The molecule has 2 aromatic carbocycles. The van der Waals surface area contributed by atoms with Gasteiger partial charge in [-0.1, -0.05) is 29.8 Å². The van der Waals surface area contributed by atoms with E-state index in [1.807, 2.05) is 24.3 Å². The Morgan fingerprint density at radius 3 is 2.20 bits per heavy atom. The predicted octanol–water partition coefficient (Wildman–Crippen LogP) is 4.87. The van der Waals surface area contributed by atoms with E-state index in [4.69, 9.17) is 11.6 Å². The van der Waals surface area contributed by atoms with Gasteiger partial charge in [0.05, 0.1) is 0 Å². The monoisotopic (exact) mass is 288 g/mol. The van der Waals surface area contributed by atoms with Gasteiger partial charge in [0, 0.05) is 29.0 Å². The van der Waals surface area contributed by atoms with Crippen molar-refractivity contribution in [1.82, 2.24) is 0 Å². The van der Waals surface area contributed by atoms with Gasteiger partial charge in [0.25, 0.3) is 0 Å². The third-order valence-corrected chi connectivity index (χ3v) is 3.58. The van der Waals surface area contributed by atoms with Gasteiger partial charge >= 0.3 is 0 Å². The van der Waals surface area contributed by atoms with Crippen LogP contribution < -0.4 is 10.6 Å². The van der Waals surface area contributed by atoms with Gasteiger partial charge in [-0.05, 0) is 56.2 Å². The average molecular weight is 289 g/mol. The number of anilines is 2. The summed E-state index contributed by atoms with van der Waals surface area (Å²) in [7, 11) is 0. The van der Waals surface area contributed by atoms with Crippen molar-refractivity contribution in [3.8, 4) is 0 Å². The number of para-hydroxylation sites is 1. The molecule has 0 saturated carbocycles. The van der Waals surface area contributed by atoms with Gasteiger partial charge in [0.2, 0.25) is 0 Å². The Labute approximate surface area is 126 Å². The lowest BCUT2D eigenvalue weighted by Crippen LogP contribution is -2.25. The fourth-order valence-corrected chi connectivity index (χ4v) is 2.30. The van der Waals surface area contributed by atoms with Crippen LogP contribution in [0.1, 0.15) is 18.1 Å². The van der Waals surface area contributed by atoms with Crippen LogP contribution in [0, 0.1) is 13.8 Å². The van der Waals surface area contributed by atoms with Crippen LogP contribution in [-0.4, -0.2) is 12.6 Å². The van der Waals surface area contributed by atoms with Crippen molar-refractivity contribution in [2.75, 3.05) is 17.2 Å². The summed E-state index contributed by atoms with van der Waals surface area (Å²) < 4.78 is 0. The molecule has 0 spiro atoms. The van der Waals surface area contributed by atoms with Gasteiger partial charge in [0.15, 0.2) is 0 Å². The smallest absolute Gasteiger partial charge is 0.0407 e. The molecule has 0 bridgehead atoms. The zero-order chi connectivity index (χ0) is 14.5. The number of rotatable bonds is 5. The van der Waals surface area contributed by atoms with Crippen LogP contribution in [0.2, 0.25) is 5.02 Å². The zero-order valence-electron chi connectivity index (χ0n) is 12.2. The van der Waals surface area contributed by atoms with E-state index in [1.54, 1.807) is 0 Å². The normalized spacial score (nSPS) is 12.0. The molecule has 0 radical (unpaired) electrons. The molecule has 2 aromatic rings. The second-order valence-electron chi connectivity index (χ2n) is 5.20. The maximum Gasteiger partial charge on any atom is 0.0407 e. The third-order valence-electron chi connectivity index (χ3n) is 3.33. The van der Waals surface area contributed by atoms with E-state index in [2.05, 4.69) is 49.6 Å². The first-order valence-electron chi connectivity index (χ1n) is 6.88. The molecule has 3 heteroatoms. The SMILES string of the molecule is Cc1cccc(C)c1NC(C)CNc1ccc(Cl)cc1. The summed E-state index contributed by atoms with van der Waals surface area (Å²) in [5, 5.41) is 7.74. The number of halogens is 1. The lowest BCUT2D eigenvalue weighted by atomic mass is 10.1. The Balaban J connectivity index is 1.92. The molecular formula is C17H21ClN2. The van der Waals surface area contributed by atoms with E-state index in [-0.39, 0.29) is 0 Å². The molecule has 0 fully saturated rings. The minimum Gasteiger partial charge on any atom is -0.383 e. The molecular weight excluding hydrogens is 268 g/mol. The lowest BCUT2D eigenvalue weighted by molar-refractivity contribution is 0.832. The van der Waals surface area contributed by atoms with Crippen LogP contribution in [0.4, 0.5) is 11.4 Å². The van der Waals surface area contributed by atoms with Crippen molar-refractivity contribution in [2.45, 2.75) is 26.8 Å². The minimum absolute atomic E-state index is 0.338. The van der Waals surface area contributed by atoms with E-state index in [9.17, 15) is 0 Å². The number of benzene rings is 2. The maximum absolute atomic E-state index is 5.88. The molecule has 20 heavy (non-hydrogen) atoms. The fourth-order valence-electron chi connectivity index (χ4n) is 2.18. The van der Waals surface area contributed by atoms with Crippen LogP contribution in [-0.2, 0) is 0 Å². The first kappa shape index (κ1) is 14.7. The van der Waals surface area contributed by atoms with E-state index >= 15 is 0 Å². The molecule has 0 aromatic heterocycles. The highest BCUT2D eigenvalue weighted by molar-refractivity contribution is 6.30. The topological polar surface area (TPSA) is 24.1 Å². The molecule has 0 saturated heterocycles. The first-order valence-corrected chi connectivity index (χ1v) is 7.26. The third kappa shape index (κ3) is 3.91. The second kappa shape index (κ2) is 6.67. The lowest BCUT2D eigenvalue weighted by Gasteiger charge is -2.20. The highest BCUT2D eigenvalue weighted by Crippen LogP contribution is 2.20. The van der Waals surface area contributed by atoms with E-state index in [0.29, 0.717) is 6.04 Å². The standard InChI is InChI=1S/C17H21ClN2/c1-12-5-4-6-13(2)17(12)20-14(3)11-19-16-9-7-15(18)8-10-16/h4-10,14,19-20H,11H2,1-3H3. The summed E-state index contributed by atoms with van der Waals surface area (Å²) in [5.74, 6) is 0. The van der Waals surface area contributed by atoms with Gasteiger partial charge in [-0.25, -0.2) is 0 Å². The number of aryl methyl sites for hydroxylation is 2. The number of hydrogen-bond acceptors (Lipinski definition) is 2. The molecule has 0 heterocycles. The molecule has 2 N–H and O–H groups in total. The summed E-state index contributed by atoms with van der Waals surface area (Å²) in [5.41, 5.74) is 4.88. The van der Waals surface area contributed by atoms with E-state index < -0.39 is 0 Å². The maximum atomic E-state index is 5.88. The van der Waals surface area contributed by atoms with Crippen molar-refractivity contribution in [3.05, 3.63) is 58.6 Å². The largest absolute Gasteiger partial charge is 0.383 e. The molecule has 1 atom stereocenters. The van der Waals surface area contributed by atoms with Crippen LogP contribution in [0.3, 0.4) is 0 Å².